The number of fused-ring (bicyclic) bond motifs is 7. The Labute approximate surface area is 312 Å². The van der Waals surface area contributed by atoms with Gasteiger partial charge in [0.15, 0.2) is 0 Å². The molecular formula is C51H32N2O. The molecule has 0 atom stereocenters. The van der Waals surface area contributed by atoms with E-state index in [-0.39, 0.29) is 0 Å². The van der Waals surface area contributed by atoms with Gasteiger partial charge in [-0.05, 0) is 75.0 Å². The molecule has 11 aromatic rings. The monoisotopic (exact) mass is 688 g/mol. The summed E-state index contributed by atoms with van der Waals surface area (Å²) in [7, 11) is 0. The molecular weight excluding hydrogens is 657 g/mol. The van der Waals surface area contributed by atoms with E-state index in [0.717, 1.165) is 72.3 Å². The molecule has 0 saturated heterocycles. The molecule has 54 heavy (non-hydrogen) atoms. The average molecular weight is 689 g/mol. The zero-order valence-electron chi connectivity index (χ0n) is 29.3. The molecule has 3 nitrogen and oxygen atoms in total. The number of hydrogen-bond acceptors (Lipinski definition) is 2. The third kappa shape index (κ3) is 4.79. The first kappa shape index (κ1) is 30.4. The van der Waals surface area contributed by atoms with Crippen LogP contribution in [-0.4, -0.2) is 9.55 Å². The zero-order chi connectivity index (χ0) is 35.6. The fourth-order valence-corrected chi connectivity index (χ4v) is 8.33. The predicted molar refractivity (Wildman–Crippen MR) is 225 cm³/mol. The summed E-state index contributed by atoms with van der Waals surface area (Å²) in [4.78, 5) is 5.32. The largest absolute Gasteiger partial charge is 0.455 e. The standard InChI is InChI=1S/C51H32N2O/c1-3-14-33(15-4-1)36-31-46(34-16-5-2-6-17-34)52-50(32-36)53-47-26-9-7-18-41(47)45-30-35(28-29-48(45)53)37-20-11-22-39-38(37)21-12-23-40(39)43-24-13-25-44-42-19-8-10-27-49(42)54-51(43)44/h1-32H. The van der Waals surface area contributed by atoms with Crippen molar-refractivity contribution >= 4 is 54.5 Å². The van der Waals surface area contributed by atoms with Crippen LogP contribution < -0.4 is 0 Å². The van der Waals surface area contributed by atoms with Crippen LogP contribution in [0.5, 0.6) is 0 Å². The van der Waals surface area contributed by atoms with E-state index in [4.69, 9.17) is 9.40 Å². The molecule has 252 valence electrons. The fourth-order valence-electron chi connectivity index (χ4n) is 8.33. The van der Waals surface area contributed by atoms with E-state index < -0.39 is 0 Å². The minimum atomic E-state index is 0.892. The first-order valence-electron chi connectivity index (χ1n) is 18.4. The van der Waals surface area contributed by atoms with Crippen molar-refractivity contribution in [2.75, 3.05) is 0 Å². The summed E-state index contributed by atoms with van der Waals surface area (Å²) in [5.74, 6) is 0.892. The Morgan fingerprint density at radius 1 is 0.352 bits per heavy atom. The van der Waals surface area contributed by atoms with Gasteiger partial charge in [-0.1, -0.05) is 158 Å². The van der Waals surface area contributed by atoms with Crippen LogP contribution in [0.1, 0.15) is 0 Å². The van der Waals surface area contributed by atoms with Crippen molar-refractivity contribution in [2.45, 2.75) is 0 Å². The number of rotatable bonds is 5. The highest BCUT2D eigenvalue weighted by molar-refractivity contribution is 6.15. The number of furan rings is 1. The van der Waals surface area contributed by atoms with Crippen molar-refractivity contribution in [3.8, 4) is 50.5 Å². The molecule has 0 bridgehead atoms. The third-order valence-corrected chi connectivity index (χ3v) is 10.8. The lowest BCUT2D eigenvalue weighted by molar-refractivity contribution is 0.670. The van der Waals surface area contributed by atoms with Crippen molar-refractivity contribution in [1.82, 2.24) is 9.55 Å². The number of pyridine rings is 1. The molecule has 0 unspecified atom stereocenters. The second-order valence-electron chi connectivity index (χ2n) is 13.9. The maximum atomic E-state index is 6.49. The Balaban J connectivity index is 1.10. The van der Waals surface area contributed by atoms with Gasteiger partial charge in [-0.3, -0.25) is 4.57 Å². The van der Waals surface area contributed by atoms with Gasteiger partial charge in [-0.15, -0.1) is 0 Å². The smallest absolute Gasteiger partial charge is 0.143 e. The molecule has 3 heteroatoms. The molecule has 3 heterocycles. The van der Waals surface area contributed by atoms with Gasteiger partial charge in [0.05, 0.1) is 16.7 Å². The van der Waals surface area contributed by atoms with Gasteiger partial charge in [0.1, 0.15) is 17.0 Å². The summed E-state index contributed by atoms with van der Waals surface area (Å²) in [6.07, 6.45) is 0. The van der Waals surface area contributed by atoms with Gasteiger partial charge in [-0.2, -0.15) is 0 Å². The summed E-state index contributed by atoms with van der Waals surface area (Å²) in [6.45, 7) is 0. The third-order valence-electron chi connectivity index (χ3n) is 10.8. The Morgan fingerprint density at radius 3 is 1.78 bits per heavy atom. The summed E-state index contributed by atoms with van der Waals surface area (Å²) in [6, 6.07) is 69.0. The molecule has 0 saturated carbocycles. The topological polar surface area (TPSA) is 31.0 Å². The van der Waals surface area contributed by atoms with E-state index in [1.807, 2.05) is 18.2 Å². The lowest BCUT2D eigenvalue weighted by atomic mass is 9.92. The summed E-state index contributed by atoms with van der Waals surface area (Å²) in [5.41, 5.74) is 13.0. The molecule has 0 aliphatic heterocycles. The minimum absolute atomic E-state index is 0.892. The van der Waals surface area contributed by atoms with E-state index in [2.05, 4.69) is 180 Å². The van der Waals surface area contributed by atoms with Gasteiger partial charge in [0.25, 0.3) is 0 Å². The van der Waals surface area contributed by atoms with Crippen molar-refractivity contribution in [2.24, 2.45) is 0 Å². The highest BCUT2D eigenvalue weighted by Gasteiger charge is 2.18. The van der Waals surface area contributed by atoms with Crippen LogP contribution in [0, 0.1) is 0 Å². The molecule has 0 N–H and O–H groups in total. The van der Waals surface area contributed by atoms with E-state index in [1.165, 1.54) is 32.7 Å². The Hall–Kier alpha value is -7.23. The van der Waals surface area contributed by atoms with Crippen LogP contribution in [-0.2, 0) is 0 Å². The molecule has 0 fully saturated rings. The highest BCUT2D eigenvalue weighted by Crippen LogP contribution is 2.42. The summed E-state index contributed by atoms with van der Waals surface area (Å²) < 4.78 is 8.81. The maximum Gasteiger partial charge on any atom is 0.143 e. The molecule has 0 aliphatic carbocycles. The molecule has 3 aromatic heterocycles. The quantitative estimate of drug-likeness (QED) is 0.180. The van der Waals surface area contributed by atoms with E-state index in [1.54, 1.807) is 0 Å². The van der Waals surface area contributed by atoms with Crippen LogP contribution in [0.15, 0.2) is 199 Å². The predicted octanol–water partition coefficient (Wildman–Crippen LogP) is 13.9. The van der Waals surface area contributed by atoms with E-state index >= 15 is 0 Å². The van der Waals surface area contributed by atoms with Gasteiger partial charge in [0.2, 0.25) is 0 Å². The molecule has 11 rings (SSSR count). The molecule has 0 spiro atoms. The Kier molecular flexibility index (Phi) is 6.86. The van der Waals surface area contributed by atoms with Crippen LogP contribution in [0.25, 0.3) is 105 Å². The number of para-hydroxylation sites is 3. The number of benzene rings is 8. The van der Waals surface area contributed by atoms with Crippen molar-refractivity contribution in [3.05, 3.63) is 194 Å². The van der Waals surface area contributed by atoms with Crippen LogP contribution in [0.4, 0.5) is 0 Å². The summed E-state index contributed by atoms with van der Waals surface area (Å²) >= 11 is 0. The van der Waals surface area contributed by atoms with Crippen LogP contribution in [0.3, 0.4) is 0 Å². The van der Waals surface area contributed by atoms with E-state index in [9.17, 15) is 0 Å². The van der Waals surface area contributed by atoms with Crippen LogP contribution in [0.2, 0.25) is 0 Å². The van der Waals surface area contributed by atoms with Crippen molar-refractivity contribution in [3.63, 3.8) is 0 Å². The van der Waals surface area contributed by atoms with Crippen LogP contribution >= 0.6 is 0 Å². The Morgan fingerprint density at radius 2 is 0.963 bits per heavy atom. The van der Waals surface area contributed by atoms with Crippen molar-refractivity contribution < 1.29 is 4.42 Å². The first-order valence-corrected chi connectivity index (χ1v) is 18.4. The lowest BCUT2D eigenvalue weighted by Crippen LogP contribution is -2.00. The highest BCUT2D eigenvalue weighted by atomic mass is 16.3. The molecule has 0 radical (unpaired) electrons. The number of hydrogen-bond donors (Lipinski definition) is 0. The van der Waals surface area contributed by atoms with Gasteiger partial charge in [0, 0.05) is 32.7 Å². The van der Waals surface area contributed by atoms with Gasteiger partial charge < -0.3 is 4.42 Å². The SMILES string of the molecule is c1ccc(-c2cc(-c3ccccc3)nc(-n3c4ccccc4c4cc(-c5cccc6c(-c7cccc8c7oc7ccccc78)cccc56)ccc43)c2)cc1. The summed E-state index contributed by atoms with van der Waals surface area (Å²) in [5, 5.41) is 7.06. The zero-order valence-corrected chi connectivity index (χ0v) is 29.3. The maximum absolute atomic E-state index is 6.49. The Bertz CT molecular complexity index is 3150. The lowest BCUT2D eigenvalue weighted by Gasteiger charge is -2.14. The normalized spacial score (nSPS) is 11.7. The fraction of sp³-hybridized carbons (Fsp3) is 0. The average Bonchev–Trinajstić information content (AvgIpc) is 3.79. The minimum Gasteiger partial charge on any atom is -0.455 e. The second kappa shape index (κ2) is 12.2. The van der Waals surface area contributed by atoms with E-state index in [0.29, 0.717) is 0 Å². The molecule has 0 amide bonds. The number of aromatic nitrogens is 2. The molecule has 0 aliphatic rings. The second-order valence-corrected chi connectivity index (χ2v) is 13.9. The number of nitrogens with zero attached hydrogens (tertiary/aromatic N) is 2. The van der Waals surface area contributed by atoms with Crippen molar-refractivity contribution in [1.29, 1.82) is 0 Å². The van der Waals surface area contributed by atoms with Gasteiger partial charge >= 0.3 is 0 Å². The van der Waals surface area contributed by atoms with Gasteiger partial charge in [-0.25, -0.2) is 4.98 Å². The molecule has 8 aromatic carbocycles. The first-order chi connectivity index (χ1) is 26.8.